The molecule has 0 aliphatic heterocycles. The summed E-state index contributed by atoms with van der Waals surface area (Å²) < 4.78 is 22.6. The van der Waals surface area contributed by atoms with Crippen LogP contribution in [0.15, 0.2) is 65.6 Å². The van der Waals surface area contributed by atoms with Crippen LogP contribution in [0.1, 0.15) is 5.56 Å². The van der Waals surface area contributed by atoms with Crippen LogP contribution in [0.2, 0.25) is 0 Å². The number of hydrogen-bond donors (Lipinski definition) is 3. The van der Waals surface area contributed by atoms with Crippen LogP contribution >= 0.6 is 0 Å². The molecule has 0 bridgehead atoms. The molecule has 0 spiro atoms. The van der Waals surface area contributed by atoms with Crippen LogP contribution in [0.4, 0.5) is 5.69 Å². The van der Waals surface area contributed by atoms with E-state index in [1.165, 1.54) is 30.3 Å². The average Bonchev–Trinajstić information content (AvgIpc) is 2.58. The highest BCUT2D eigenvalue weighted by Crippen LogP contribution is 2.13. The molecule has 2 aromatic carbocycles. The highest BCUT2D eigenvalue weighted by atomic mass is 32.2. The molecule has 0 radical (unpaired) electrons. The van der Waals surface area contributed by atoms with Gasteiger partial charge in [-0.25, -0.2) is 13.6 Å². The molecule has 8 heteroatoms. The Hall–Kier alpha value is -2.97. The van der Waals surface area contributed by atoms with Gasteiger partial charge in [0, 0.05) is 11.8 Å². The van der Waals surface area contributed by atoms with E-state index in [2.05, 4.69) is 10.6 Å². The first-order valence-electron chi connectivity index (χ1n) is 7.28. The Morgan fingerprint density at radius 1 is 1.04 bits per heavy atom. The van der Waals surface area contributed by atoms with Crippen molar-refractivity contribution >= 4 is 33.6 Å². The summed E-state index contributed by atoms with van der Waals surface area (Å²) in [5.41, 5.74) is 1.13. The SMILES string of the molecule is NS(=O)(=O)c1cccc(NC(=O)CNC(=O)/C=C/c2ccccc2)c1. The van der Waals surface area contributed by atoms with Crippen molar-refractivity contribution in [3.05, 3.63) is 66.2 Å². The second-order valence-corrected chi connectivity index (χ2v) is 6.64. The molecule has 0 heterocycles. The maximum absolute atomic E-state index is 11.8. The molecule has 2 amide bonds. The smallest absolute Gasteiger partial charge is 0.244 e. The van der Waals surface area contributed by atoms with Gasteiger partial charge in [0.25, 0.3) is 0 Å². The molecule has 0 aliphatic rings. The highest BCUT2D eigenvalue weighted by molar-refractivity contribution is 7.89. The average molecular weight is 359 g/mol. The van der Waals surface area contributed by atoms with Crippen LogP contribution < -0.4 is 15.8 Å². The zero-order valence-electron chi connectivity index (χ0n) is 13.2. The third-order valence-corrected chi connectivity index (χ3v) is 4.01. The summed E-state index contributed by atoms with van der Waals surface area (Å²) in [7, 11) is -3.85. The molecule has 0 atom stereocenters. The van der Waals surface area contributed by atoms with Gasteiger partial charge in [0.15, 0.2) is 0 Å². The minimum Gasteiger partial charge on any atom is -0.343 e. The Kier molecular flexibility index (Phi) is 6.04. The molecule has 0 unspecified atom stereocenters. The lowest BCUT2D eigenvalue weighted by atomic mass is 10.2. The zero-order valence-corrected chi connectivity index (χ0v) is 14.0. The highest BCUT2D eigenvalue weighted by Gasteiger charge is 2.09. The van der Waals surface area contributed by atoms with Gasteiger partial charge in [0.2, 0.25) is 21.8 Å². The van der Waals surface area contributed by atoms with E-state index in [9.17, 15) is 18.0 Å². The fraction of sp³-hybridized carbons (Fsp3) is 0.0588. The normalized spacial score (nSPS) is 11.2. The molecule has 0 fully saturated rings. The van der Waals surface area contributed by atoms with Crippen molar-refractivity contribution in [2.24, 2.45) is 5.14 Å². The van der Waals surface area contributed by atoms with Crippen LogP contribution in [-0.4, -0.2) is 26.8 Å². The third kappa shape index (κ3) is 6.21. The summed E-state index contributed by atoms with van der Waals surface area (Å²) in [6, 6.07) is 14.8. The number of amides is 2. The maximum atomic E-state index is 11.8. The number of benzene rings is 2. The fourth-order valence-electron chi connectivity index (χ4n) is 1.92. The zero-order chi connectivity index (χ0) is 18.3. The van der Waals surface area contributed by atoms with Gasteiger partial charge in [-0.15, -0.1) is 0 Å². The predicted molar refractivity (Wildman–Crippen MR) is 94.9 cm³/mol. The summed E-state index contributed by atoms with van der Waals surface area (Å²) in [5, 5.41) is 9.95. The van der Waals surface area contributed by atoms with E-state index in [0.29, 0.717) is 0 Å². The second-order valence-electron chi connectivity index (χ2n) is 5.08. The van der Waals surface area contributed by atoms with Gasteiger partial charge in [0.05, 0.1) is 11.4 Å². The van der Waals surface area contributed by atoms with E-state index in [1.54, 1.807) is 6.08 Å². The Morgan fingerprint density at radius 2 is 1.76 bits per heavy atom. The van der Waals surface area contributed by atoms with Crippen molar-refractivity contribution in [3.8, 4) is 0 Å². The molecule has 7 nitrogen and oxygen atoms in total. The molecule has 0 aliphatic carbocycles. The number of nitrogens with two attached hydrogens (primary N) is 1. The van der Waals surface area contributed by atoms with E-state index in [1.807, 2.05) is 30.3 Å². The van der Waals surface area contributed by atoms with Crippen LogP contribution in [0.5, 0.6) is 0 Å². The van der Waals surface area contributed by atoms with Gasteiger partial charge in [-0.3, -0.25) is 9.59 Å². The maximum Gasteiger partial charge on any atom is 0.244 e. The van der Waals surface area contributed by atoms with Gasteiger partial charge in [-0.05, 0) is 29.8 Å². The standard InChI is InChI=1S/C17H17N3O4S/c18-25(23,24)15-8-4-7-14(11-15)20-17(22)12-19-16(21)10-9-13-5-2-1-3-6-13/h1-11H,12H2,(H,19,21)(H,20,22)(H2,18,23,24)/b10-9+. The molecule has 130 valence electrons. The first-order chi connectivity index (χ1) is 11.8. The van der Waals surface area contributed by atoms with Crippen molar-refractivity contribution < 1.29 is 18.0 Å². The van der Waals surface area contributed by atoms with E-state index in [-0.39, 0.29) is 17.1 Å². The number of carbonyl (C=O) groups excluding carboxylic acids is 2. The number of rotatable bonds is 6. The largest absolute Gasteiger partial charge is 0.343 e. The number of anilines is 1. The molecule has 0 saturated carbocycles. The first kappa shape index (κ1) is 18.4. The van der Waals surface area contributed by atoms with Crippen molar-refractivity contribution in [3.63, 3.8) is 0 Å². The lowest BCUT2D eigenvalue weighted by Crippen LogP contribution is -2.31. The third-order valence-electron chi connectivity index (χ3n) is 3.10. The van der Waals surface area contributed by atoms with Gasteiger partial charge < -0.3 is 10.6 Å². The first-order valence-corrected chi connectivity index (χ1v) is 8.83. The Bertz CT molecular complexity index is 893. The number of hydrogen-bond acceptors (Lipinski definition) is 4. The van der Waals surface area contributed by atoms with Gasteiger partial charge >= 0.3 is 0 Å². The summed E-state index contributed by atoms with van der Waals surface area (Å²) >= 11 is 0. The Labute approximate surface area is 145 Å². The van der Waals surface area contributed by atoms with Gasteiger partial charge in [0.1, 0.15) is 0 Å². The summed E-state index contributed by atoms with van der Waals surface area (Å²) in [6.07, 6.45) is 2.95. The lowest BCUT2D eigenvalue weighted by molar-refractivity contribution is -0.121. The summed E-state index contributed by atoms with van der Waals surface area (Å²) in [6.45, 7) is -0.252. The summed E-state index contributed by atoms with van der Waals surface area (Å²) in [5.74, 6) is -0.912. The minimum absolute atomic E-state index is 0.111. The Balaban J connectivity index is 1.86. The van der Waals surface area contributed by atoms with Crippen molar-refractivity contribution in [2.45, 2.75) is 4.90 Å². The van der Waals surface area contributed by atoms with Crippen LogP contribution in [0.25, 0.3) is 6.08 Å². The number of sulfonamides is 1. The molecule has 4 N–H and O–H groups in total. The molecule has 0 aromatic heterocycles. The Morgan fingerprint density at radius 3 is 2.44 bits per heavy atom. The van der Waals surface area contributed by atoms with Crippen LogP contribution in [0.3, 0.4) is 0 Å². The monoisotopic (exact) mass is 359 g/mol. The fourth-order valence-corrected chi connectivity index (χ4v) is 2.48. The van der Waals surface area contributed by atoms with Crippen molar-refractivity contribution in [2.75, 3.05) is 11.9 Å². The van der Waals surface area contributed by atoms with E-state index < -0.39 is 21.8 Å². The van der Waals surface area contributed by atoms with Crippen LogP contribution in [-0.2, 0) is 19.6 Å². The number of carbonyl (C=O) groups is 2. The van der Waals surface area contributed by atoms with Crippen LogP contribution in [0, 0.1) is 0 Å². The van der Waals surface area contributed by atoms with E-state index in [4.69, 9.17) is 5.14 Å². The molecule has 25 heavy (non-hydrogen) atoms. The molecule has 2 rings (SSSR count). The minimum atomic E-state index is -3.85. The molecular formula is C17H17N3O4S. The quantitative estimate of drug-likeness (QED) is 0.669. The topological polar surface area (TPSA) is 118 Å². The van der Waals surface area contributed by atoms with E-state index in [0.717, 1.165) is 5.56 Å². The predicted octanol–water partition coefficient (Wildman–Crippen LogP) is 1.10. The number of nitrogens with one attached hydrogen (secondary N) is 2. The van der Waals surface area contributed by atoms with Gasteiger partial charge in [-0.2, -0.15) is 0 Å². The van der Waals surface area contributed by atoms with Crippen molar-refractivity contribution in [1.82, 2.24) is 5.32 Å². The molecule has 0 saturated heterocycles. The summed E-state index contributed by atoms with van der Waals surface area (Å²) in [4.78, 5) is 23.4. The van der Waals surface area contributed by atoms with E-state index >= 15 is 0 Å². The van der Waals surface area contributed by atoms with Crippen molar-refractivity contribution in [1.29, 1.82) is 0 Å². The number of primary sulfonamides is 1. The molecular weight excluding hydrogens is 342 g/mol. The lowest BCUT2D eigenvalue weighted by Gasteiger charge is -2.07. The van der Waals surface area contributed by atoms with Gasteiger partial charge in [-0.1, -0.05) is 36.4 Å². The molecule has 2 aromatic rings. The second kappa shape index (κ2) is 8.22.